The molecule has 0 aromatic heterocycles. The molecule has 0 fully saturated rings. The molecule has 0 aliphatic heterocycles. The Labute approximate surface area is 294 Å². The van der Waals surface area contributed by atoms with Crippen molar-refractivity contribution in [2.75, 3.05) is 0 Å². The molecule has 238 valence electrons. The summed E-state index contributed by atoms with van der Waals surface area (Å²) in [4.78, 5) is 0. The summed E-state index contributed by atoms with van der Waals surface area (Å²) in [6.07, 6.45) is 14.5. The van der Waals surface area contributed by atoms with Crippen LogP contribution < -0.4 is 31.8 Å². The van der Waals surface area contributed by atoms with Gasteiger partial charge in [0.05, 0.1) is 15.8 Å². The topological polar surface area (TPSA) is 0 Å². The molecule has 0 saturated heterocycles. The average molecular weight is 692 g/mol. The predicted octanol–water partition coefficient (Wildman–Crippen LogP) is 8.83. The zero-order valence-corrected chi connectivity index (χ0v) is 29.7. The monoisotopic (exact) mass is 691 g/mol. The van der Waals surface area contributed by atoms with Gasteiger partial charge in [0.1, 0.15) is 31.8 Å². The van der Waals surface area contributed by atoms with Crippen molar-refractivity contribution in [3.63, 3.8) is 0 Å². The first-order chi connectivity index (χ1) is 22.9. The molecule has 1 aliphatic carbocycles. The molecule has 1 aliphatic rings. The molecule has 0 amide bonds. The van der Waals surface area contributed by atoms with Crippen LogP contribution >= 0.6 is 15.8 Å². The minimum atomic E-state index is -0.877. The standard InChI is InChI=1S/2C18H15P.C8H11.Ni/c2*1-4-10-16(11-5-1)19(17-12-6-2-7-13-17)18-14-8-3-9-15-18;1-2-4-6-8-7-5-3-1;/h2*1-15H;1-2,7H,3-6H2;/q;;-1;/p+2. The van der Waals surface area contributed by atoms with E-state index in [0.29, 0.717) is 0 Å². The molecule has 6 aromatic rings. The first kappa shape index (κ1) is 36.0. The van der Waals surface area contributed by atoms with Crippen LogP contribution in [-0.2, 0) is 16.5 Å². The first-order valence-corrected chi connectivity index (χ1v) is 19.2. The summed E-state index contributed by atoms with van der Waals surface area (Å²) in [6, 6.07) is 65.0. The van der Waals surface area contributed by atoms with Gasteiger partial charge in [-0.2, -0.15) is 6.42 Å². The smallest absolute Gasteiger partial charge is 0.102 e. The van der Waals surface area contributed by atoms with Crippen LogP contribution in [0.15, 0.2) is 200 Å². The van der Waals surface area contributed by atoms with Gasteiger partial charge in [-0.1, -0.05) is 134 Å². The van der Waals surface area contributed by atoms with Crippen LogP contribution in [0.25, 0.3) is 0 Å². The summed E-state index contributed by atoms with van der Waals surface area (Å²) in [5.74, 6) is 0. The van der Waals surface area contributed by atoms with Crippen LogP contribution in [0.1, 0.15) is 25.7 Å². The zero-order valence-electron chi connectivity index (χ0n) is 26.7. The van der Waals surface area contributed by atoms with Gasteiger partial charge >= 0.3 is 0 Å². The molecule has 7 rings (SSSR count). The van der Waals surface area contributed by atoms with E-state index in [2.05, 4.69) is 206 Å². The Bertz CT molecular complexity index is 1380. The molecule has 0 bridgehead atoms. The summed E-state index contributed by atoms with van der Waals surface area (Å²) < 4.78 is 0. The zero-order chi connectivity index (χ0) is 31.5. The van der Waals surface area contributed by atoms with Crippen molar-refractivity contribution in [2.24, 2.45) is 0 Å². The summed E-state index contributed by atoms with van der Waals surface area (Å²) in [6.45, 7) is 0. The molecule has 0 nitrogen and oxygen atoms in total. The van der Waals surface area contributed by atoms with E-state index >= 15 is 0 Å². The summed E-state index contributed by atoms with van der Waals surface area (Å²) >= 11 is 0. The van der Waals surface area contributed by atoms with Crippen molar-refractivity contribution in [3.8, 4) is 0 Å². The van der Waals surface area contributed by atoms with Crippen LogP contribution in [0.4, 0.5) is 0 Å². The fourth-order valence-electron chi connectivity index (χ4n) is 5.41. The number of benzene rings is 6. The van der Waals surface area contributed by atoms with Crippen LogP contribution in [0.2, 0.25) is 0 Å². The Morgan fingerprint density at radius 3 is 0.851 bits per heavy atom. The van der Waals surface area contributed by atoms with Gasteiger partial charge in [0.25, 0.3) is 0 Å². The summed E-state index contributed by atoms with van der Waals surface area (Å²) in [7, 11) is -1.75. The number of hydrogen-bond donors (Lipinski definition) is 0. The van der Waals surface area contributed by atoms with Crippen molar-refractivity contribution in [2.45, 2.75) is 25.7 Å². The SMILES string of the molecule is [C-]1=CCCC=CCC1.[Ni].c1ccc([PH+](c2ccccc2)c2ccccc2)cc1.c1ccc([PH+](c2ccccc2)c2ccccc2)cc1. The van der Waals surface area contributed by atoms with Gasteiger partial charge in [0, 0.05) is 16.5 Å². The van der Waals surface area contributed by atoms with Crippen LogP contribution in [0.3, 0.4) is 0 Å². The molecule has 6 aromatic carbocycles. The quantitative estimate of drug-likeness (QED) is 0.0709. The van der Waals surface area contributed by atoms with Crippen molar-refractivity contribution >= 4 is 47.7 Å². The van der Waals surface area contributed by atoms with E-state index in [1.807, 2.05) is 0 Å². The minimum Gasteiger partial charge on any atom is -0.500 e. The van der Waals surface area contributed by atoms with E-state index in [-0.39, 0.29) is 16.5 Å². The fourth-order valence-corrected chi connectivity index (χ4v) is 10.6. The maximum atomic E-state index is 3.21. The van der Waals surface area contributed by atoms with E-state index in [1.54, 1.807) is 0 Å². The number of hydrogen-bond acceptors (Lipinski definition) is 0. The van der Waals surface area contributed by atoms with Crippen molar-refractivity contribution in [3.05, 3.63) is 206 Å². The van der Waals surface area contributed by atoms with Gasteiger partial charge < -0.3 is 6.08 Å². The normalized spacial score (nSPS) is 12.0. The molecule has 0 heterocycles. The molecule has 0 spiro atoms. The first-order valence-electron chi connectivity index (χ1n) is 16.2. The second kappa shape index (κ2) is 21.1. The summed E-state index contributed by atoms with van der Waals surface area (Å²) in [5.41, 5.74) is 0. The second-order valence-electron chi connectivity index (χ2n) is 10.9. The maximum Gasteiger partial charge on any atom is 0.102 e. The van der Waals surface area contributed by atoms with Crippen molar-refractivity contribution in [1.29, 1.82) is 0 Å². The molecule has 0 N–H and O–H groups in total. The third-order valence-corrected chi connectivity index (χ3v) is 13.1. The van der Waals surface area contributed by atoms with Crippen LogP contribution in [0.5, 0.6) is 0 Å². The molecular formula is C44H43NiP2+. The van der Waals surface area contributed by atoms with Gasteiger partial charge in [-0.15, -0.1) is 0 Å². The molecular weight excluding hydrogens is 649 g/mol. The Hall–Kier alpha value is -3.85. The van der Waals surface area contributed by atoms with Crippen LogP contribution in [-0.4, -0.2) is 0 Å². The fraction of sp³-hybridized carbons (Fsp3) is 0.0909. The minimum absolute atomic E-state index is 0. The Kier molecular flexibility index (Phi) is 16.2. The number of allylic oxidation sites excluding steroid dienone is 4. The van der Waals surface area contributed by atoms with Crippen molar-refractivity contribution < 1.29 is 16.5 Å². The largest absolute Gasteiger partial charge is 0.500 e. The van der Waals surface area contributed by atoms with E-state index in [0.717, 1.165) is 6.42 Å². The van der Waals surface area contributed by atoms with Gasteiger partial charge in [-0.3, -0.25) is 6.08 Å². The average Bonchev–Trinajstić information content (AvgIpc) is 3.12. The molecule has 47 heavy (non-hydrogen) atoms. The summed E-state index contributed by atoms with van der Waals surface area (Å²) in [5, 5.41) is 8.61. The van der Waals surface area contributed by atoms with Gasteiger partial charge in [-0.25, -0.2) is 0 Å². The molecule has 0 radical (unpaired) electrons. The Morgan fingerprint density at radius 1 is 0.319 bits per heavy atom. The number of rotatable bonds is 6. The maximum absolute atomic E-state index is 3.21. The van der Waals surface area contributed by atoms with E-state index in [9.17, 15) is 0 Å². The van der Waals surface area contributed by atoms with Crippen LogP contribution in [0, 0.1) is 6.08 Å². The third kappa shape index (κ3) is 11.7. The third-order valence-electron chi connectivity index (χ3n) is 7.62. The molecule has 0 atom stereocenters. The predicted molar refractivity (Wildman–Crippen MR) is 209 cm³/mol. The Balaban J connectivity index is 0.000000171. The van der Waals surface area contributed by atoms with Gasteiger partial charge in [0.15, 0.2) is 0 Å². The second-order valence-corrected chi connectivity index (χ2v) is 15.9. The van der Waals surface area contributed by atoms with E-state index in [4.69, 9.17) is 0 Å². The molecule has 3 heteroatoms. The van der Waals surface area contributed by atoms with Gasteiger partial charge in [-0.05, 0) is 79.2 Å². The van der Waals surface area contributed by atoms with Crippen molar-refractivity contribution in [1.82, 2.24) is 0 Å². The van der Waals surface area contributed by atoms with E-state index in [1.165, 1.54) is 51.1 Å². The molecule has 0 saturated carbocycles. The van der Waals surface area contributed by atoms with E-state index < -0.39 is 15.8 Å². The van der Waals surface area contributed by atoms with Gasteiger partial charge in [0.2, 0.25) is 0 Å². The Morgan fingerprint density at radius 2 is 0.574 bits per heavy atom. The molecule has 0 unspecified atom stereocenters.